The van der Waals surface area contributed by atoms with Gasteiger partial charge >= 0.3 is 0 Å². The maximum atomic E-state index is 12.6. The third-order valence-corrected chi connectivity index (χ3v) is 4.36. The first-order chi connectivity index (χ1) is 12.0. The van der Waals surface area contributed by atoms with Crippen LogP contribution in [0.5, 0.6) is 0 Å². The summed E-state index contributed by atoms with van der Waals surface area (Å²) in [6, 6.07) is 7.90. The summed E-state index contributed by atoms with van der Waals surface area (Å²) in [5, 5.41) is 7.55. The van der Waals surface area contributed by atoms with Gasteiger partial charge in [-0.05, 0) is 38.5 Å². The van der Waals surface area contributed by atoms with Crippen molar-refractivity contribution in [3.05, 3.63) is 59.5 Å². The minimum atomic E-state index is 0.0378. The van der Waals surface area contributed by atoms with Crippen LogP contribution < -0.4 is 5.32 Å². The molecule has 0 aliphatic carbocycles. The summed E-state index contributed by atoms with van der Waals surface area (Å²) in [7, 11) is 1.83. The van der Waals surface area contributed by atoms with E-state index in [4.69, 9.17) is 0 Å². The fourth-order valence-corrected chi connectivity index (χ4v) is 2.53. The van der Waals surface area contributed by atoms with Crippen molar-refractivity contribution in [2.24, 2.45) is 0 Å². The van der Waals surface area contributed by atoms with E-state index >= 15 is 0 Å². The summed E-state index contributed by atoms with van der Waals surface area (Å²) >= 11 is 0. The summed E-state index contributed by atoms with van der Waals surface area (Å²) in [6.07, 6.45) is 5.50. The number of nitrogens with one attached hydrogen (secondary N) is 1. The molecule has 0 atom stereocenters. The van der Waals surface area contributed by atoms with Gasteiger partial charge in [0.1, 0.15) is 0 Å². The first-order valence-electron chi connectivity index (χ1n) is 8.35. The molecule has 0 radical (unpaired) electrons. The Morgan fingerprint density at radius 1 is 1.32 bits per heavy atom. The van der Waals surface area contributed by atoms with Gasteiger partial charge < -0.3 is 10.2 Å². The number of nitrogens with zero attached hydrogens (tertiary/aromatic N) is 4. The predicted octanol–water partition coefficient (Wildman–Crippen LogP) is 3.13. The van der Waals surface area contributed by atoms with Crippen LogP contribution in [0, 0.1) is 6.92 Å². The molecule has 6 heteroatoms. The average Bonchev–Trinajstić information content (AvgIpc) is 3.07. The molecule has 3 aromatic rings. The summed E-state index contributed by atoms with van der Waals surface area (Å²) in [4.78, 5) is 18.7. The van der Waals surface area contributed by atoms with Gasteiger partial charge in [0.15, 0.2) is 5.65 Å². The number of benzene rings is 1. The summed E-state index contributed by atoms with van der Waals surface area (Å²) in [6.45, 7) is 6.59. The van der Waals surface area contributed by atoms with E-state index < -0.39 is 0 Å². The summed E-state index contributed by atoms with van der Waals surface area (Å²) in [5.74, 6) is 0.0378. The fraction of sp³-hybridized carbons (Fsp3) is 0.316. The molecule has 0 bridgehead atoms. The lowest BCUT2D eigenvalue weighted by atomic mass is 10.1. The number of fused-ring (bicyclic) bond motifs is 1. The molecular weight excluding hydrogens is 314 g/mol. The zero-order chi connectivity index (χ0) is 18.0. The second-order valence-corrected chi connectivity index (χ2v) is 6.49. The highest BCUT2D eigenvalue weighted by molar-refractivity contribution is 5.96. The average molecular weight is 337 g/mol. The van der Waals surface area contributed by atoms with E-state index in [1.165, 1.54) is 0 Å². The Morgan fingerprint density at radius 3 is 2.88 bits per heavy atom. The zero-order valence-corrected chi connectivity index (χ0v) is 15.0. The number of carbonyl (C=O) groups is 1. The van der Waals surface area contributed by atoms with Crippen molar-refractivity contribution in [1.82, 2.24) is 19.5 Å². The van der Waals surface area contributed by atoms with Crippen LogP contribution in [-0.4, -0.2) is 38.5 Å². The molecule has 2 heterocycles. The number of hydrogen-bond acceptors (Lipinski definition) is 4. The number of carbonyl (C=O) groups excluding carboxylic acids is 1. The van der Waals surface area contributed by atoms with E-state index in [1.807, 2.05) is 64.5 Å². The Morgan fingerprint density at radius 2 is 2.12 bits per heavy atom. The van der Waals surface area contributed by atoms with E-state index in [0.717, 1.165) is 28.0 Å². The molecule has 1 aromatic carbocycles. The van der Waals surface area contributed by atoms with Gasteiger partial charge in [0, 0.05) is 54.9 Å². The molecular formula is C19H23N5O. The van der Waals surface area contributed by atoms with Gasteiger partial charge in [0.05, 0.1) is 6.20 Å². The monoisotopic (exact) mass is 337 g/mol. The van der Waals surface area contributed by atoms with Crippen molar-refractivity contribution in [2.45, 2.75) is 33.4 Å². The number of aryl methyl sites for hydroxylation is 1. The second kappa shape index (κ2) is 6.93. The smallest absolute Gasteiger partial charge is 0.254 e. The molecule has 0 spiro atoms. The number of anilines is 1. The zero-order valence-electron chi connectivity index (χ0n) is 15.0. The van der Waals surface area contributed by atoms with Crippen molar-refractivity contribution < 1.29 is 4.79 Å². The van der Waals surface area contributed by atoms with Crippen LogP contribution in [0.4, 0.5) is 5.69 Å². The van der Waals surface area contributed by atoms with Crippen LogP contribution in [0.1, 0.15) is 35.3 Å². The van der Waals surface area contributed by atoms with Crippen molar-refractivity contribution in [3.8, 4) is 0 Å². The van der Waals surface area contributed by atoms with E-state index in [0.29, 0.717) is 6.54 Å². The van der Waals surface area contributed by atoms with Crippen LogP contribution in [0.25, 0.3) is 5.65 Å². The topological polar surface area (TPSA) is 62.5 Å². The number of aromatic nitrogens is 3. The number of amides is 1. The summed E-state index contributed by atoms with van der Waals surface area (Å²) in [5.41, 5.74) is 4.45. The van der Waals surface area contributed by atoms with Crippen LogP contribution in [-0.2, 0) is 6.54 Å². The SMILES string of the molecule is Cc1ccc(NCc2cnc3ccnn3c2)cc1C(=O)N(C)C(C)C. The Kier molecular flexibility index (Phi) is 4.70. The second-order valence-electron chi connectivity index (χ2n) is 6.49. The van der Waals surface area contributed by atoms with Gasteiger partial charge in [-0.3, -0.25) is 4.79 Å². The minimum absolute atomic E-state index is 0.0378. The first kappa shape index (κ1) is 17.0. The quantitative estimate of drug-likeness (QED) is 0.777. The van der Waals surface area contributed by atoms with E-state index in [9.17, 15) is 4.79 Å². The largest absolute Gasteiger partial charge is 0.381 e. The minimum Gasteiger partial charge on any atom is -0.381 e. The third-order valence-electron chi connectivity index (χ3n) is 4.36. The lowest BCUT2D eigenvalue weighted by Gasteiger charge is -2.22. The third kappa shape index (κ3) is 3.63. The Labute approximate surface area is 147 Å². The van der Waals surface area contributed by atoms with Crippen LogP contribution in [0.2, 0.25) is 0 Å². The fourth-order valence-electron chi connectivity index (χ4n) is 2.53. The molecule has 0 aliphatic rings. The van der Waals surface area contributed by atoms with Gasteiger partial charge in [-0.25, -0.2) is 9.50 Å². The van der Waals surface area contributed by atoms with Gasteiger partial charge in [0.2, 0.25) is 0 Å². The standard InChI is InChI=1S/C19H23N5O/c1-13(2)23(4)19(25)17-9-16(6-5-14(17)3)20-10-15-11-21-18-7-8-22-24(18)12-15/h5-9,11-13,20H,10H2,1-4H3. The lowest BCUT2D eigenvalue weighted by Crippen LogP contribution is -2.33. The van der Waals surface area contributed by atoms with Crippen LogP contribution >= 0.6 is 0 Å². The van der Waals surface area contributed by atoms with Gasteiger partial charge in [-0.2, -0.15) is 5.10 Å². The maximum absolute atomic E-state index is 12.6. The Balaban J connectivity index is 1.76. The van der Waals surface area contributed by atoms with Crippen LogP contribution in [0.15, 0.2) is 42.9 Å². The molecule has 130 valence electrons. The normalized spacial score (nSPS) is 11.1. The molecule has 0 saturated carbocycles. The van der Waals surface area contributed by atoms with Gasteiger partial charge in [-0.15, -0.1) is 0 Å². The Hall–Kier alpha value is -2.89. The van der Waals surface area contributed by atoms with Gasteiger partial charge in [-0.1, -0.05) is 6.07 Å². The molecule has 25 heavy (non-hydrogen) atoms. The molecule has 6 nitrogen and oxygen atoms in total. The van der Waals surface area contributed by atoms with E-state index in [1.54, 1.807) is 15.6 Å². The van der Waals surface area contributed by atoms with Gasteiger partial charge in [0.25, 0.3) is 5.91 Å². The molecule has 0 fully saturated rings. The highest BCUT2D eigenvalue weighted by Gasteiger charge is 2.16. The molecule has 0 saturated heterocycles. The van der Waals surface area contributed by atoms with Crippen molar-refractivity contribution >= 4 is 17.2 Å². The first-order valence-corrected chi connectivity index (χ1v) is 8.35. The maximum Gasteiger partial charge on any atom is 0.254 e. The molecule has 1 amide bonds. The molecule has 3 rings (SSSR count). The molecule has 0 unspecified atom stereocenters. The van der Waals surface area contributed by atoms with E-state index in [-0.39, 0.29) is 11.9 Å². The molecule has 2 aromatic heterocycles. The summed E-state index contributed by atoms with van der Waals surface area (Å²) < 4.78 is 1.75. The van der Waals surface area contributed by atoms with Crippen molar-refractivity contribution in [3.63, 3.8) is 0 Å². The predicted molar refractivity (Wildman–Crippen MR) is 98.7 cm³/mol. The number of hydrogen-bond donors (Lipinski definition) is 1. The lowest BCUT2D eigenvalue weighted by molar-refractivity contribution is 0.0754. The Bertz CT molecular complexity index is 900. The van der Waals surface area contributed by atoms with Crippen molar-refractivity contribution in [1.29, 1.82) is 0 Å². The highest BCUT2D eigenvalue weighted by Crippen LogP contribution is 2.18. The number of rotatable bonds is 5. The van der Waals surface area contributed by atoms with E-state index in [2.05, 4.69) is 15.4 Å². The van der Waals surface area contributed by atoms with Crippen molar-refractivity contribution in [2.75, 3.05) is 12.4 Å². The highest BCUT2D eigenvalue weighted by atomic mass is 16.2. The van der Waals surface area contributed by atoms with Crippen LogP contribution in [0.3, 0.4) is 0 Å². The molecule has 0 aliphatic heterocycles. The molecule has 1 N–H and O–H groups in total.